The van der Waals surface area contributed by atoms with Gasteiger partial charge in [0.15, 0.2) is 6.61 Å². The highest BCUT2D eigenvalue weighted by Crippen LogP contribution is 2.14. The van der Waals surface area contributed by atoms with Crippen LogP contribution in [0, 0.1) is 0 Å². The molecule has 1 N–H and O–H groups in total. The highest BCUT2D eigenvalue weighted by atomic mass is 19.4. The van der Waals surface area contributed by atoms with E-state index in [4.69, 9.17) is 0 Å². The average molecular weight is 167 g/mol. The van der Waals surface area contributed by atoms with Gasteiger partial charge in [-0.2, -0.15) is 23.3 Å². The first-order chi connectivity index (χ1) is 5.08. The molecule has 0 saturated carbocycles. The van der Waals surface area contributed by atoms with Crippen molar-refractivity contribution < 1.29 is 17.9 Å². The van der Waals surface area contributed by atoms with Crippen molar-refractivity contribution in [3.63, 3.8) is 0 Å². The Morgan fingerprint density at radius 1 is 1.55 bits per heavy atom. The summed E-state index contributed by atoms with van der Waals surface area (Å²) in [6.07, 6.45) is -3.28. The van der Waals surface area contributed by atoms with Gasteiger partial charge < -0.3 is 4.74 Å². The first-order valence-electron chi connectivity index (χ1n) is 2.63. The summed E-state index contributed by atoms with van der Waals surface area (Å²) in [4.78, 5) is 3.33. The molecule has 1 rings (SSSR count). The summed E-state index contributed by atoms with van der Waals surface area (Å²) in [5, 5.41) is 5.42. The third kappa shape index (κ3) is 2.87. The van der Waals surface area contributed by atoms with E-state index in [1.807, 2.05) is 0 Å². The Balaban J connectivity index is 2.35. The Hall–Kier alpha value is -1.27. The zero-order chi connectivity index (χ0) is 8.32. The van der Waals surface area contributed by atoms with Gasteiger partial charge in [-0.1, -0.05) is 0 Å². The van der Waals surface area contributed by atoms with E-state index in [9.17, 15) is 13.2 Å². The SMILES string of the molecule is FC(F)(F)COc1ncn[nH]1. The molecule has 1 aromatic rings. The number of hydrogen-bond acceptors (Lipinski definition) is 3. The number of nitrogens with one attached hydrogen (secondary N) is 1. The summed E-state index contributed by atoms with van der Waals surface area (Å²) in [7, 11) is 0. The van der Waals surface area contributed by atoms with Crippen molar-refractivity contribution in [2.75, 3.05) is 6.61 Å². The number of nitrogens with zero attached hydrogens (tertiary/aromatic N) is 2. The van der Waals surface area contributed by atoms with Crippen molar-refractivity contribution in [2.24, 2.45) is 0 Å². The zero-order valence-corrected chi connectivity index (χ0v) is 5.22. The first kappa shape index (κ1) is 7.83. The Labute approximate surface area is 59.4 Å². The lowest BCUT2D eigenvalue weighted by Gasteiger charge is -2.04. The van der Waals surface area contributed by atoms with E-state index >= 15 is 0 Å². The molecule has 0 aromatic carbocycles. The molecule has 1 heterocycles. The lowest BCUT2D eigenvalue weighted by molar-refractivity contribution is -0.154. The van der Waals surface area contributed by atoms with Crippen LogP contribution in [-0.4, -0.2) is 28.0 Å². The topological polar surface area (TPSA) is 50.8 Å². The summed E-state index contributed by atoms with van der Waals surface area (Å²) in [5.41, 5.74) is 0. The third-order valence-corrected chi connectivity index (χ3v) is 0.765. The van der Waals surface area contributed by atoms with E-state index in [1.165, 1.54) is 0 Å². The molecule has 7 heteroatoms. The molecule has 0 unspecified atom stereocenters. The number of ether oxygens (including phenoxy) is 1. The number of rotatable bonds is 2. The van der Waals surface area contributed by atoms with Gasteiger partial charge in [0.1, 0.15) is 6.33 Å². The van der Waals surface area contributed by atoms with Crippen LogP contribution in [0.3, 0.4) is 0 Å². The molecule has 0 aliphatic heterocycles. The number of halogens is 3. The van der Waals surface area contributed by atoms with E-state index in [0.717, 1.165) is 6.33 Å². The Morgan fingerprint density at radius 3 is 2.73 bits per heavy atom. The van der Waals surface area contributed by atoms with Crippen molar-refractivity contribution in [3.8, 4) is 6.01 Å². The fraction of sp³-hybridized carbons (Fsp3) is 0.500. The van der Waals surface area contributed by atoms with E-state index in [-0.39, 0.29) is 6.01 Å². The maximum absolute atomic E-state index is 11.5. The van der Waals surface area contributed by atoms with Gasteiger partial charge >= 0.3 is 12.2 Å². The minimum absolute atomic E-state index is 0.234. The number of aromatic nitrogens is 3. The van der Waals surface area contributed by atoms with Crippen molar-refractivity contribution in [3.05, 3.63) is 6.33 Å². The summed E-state index contributed by atoms with van der Waals surface area (Å²) < 4.78 is 38.5. The molecule has 1 aromatic heterocycles. The molecule has 0 aliphatic carbocycles. The number of H-pyrrole nitrogens is 1. The number of hydrogen-bond donors (Lipinski definition) is 1. The molecule has 62 valence electrons. The van der Waals surface area contributed by atoms with Crippen LogP contribution in [0.2, 0.25) is 0 Å². The van der Waals surface area contributed by atoms with Crippen LogP contribution in [-0.2, 0) is 0 Å². The molecule has 0 atom stereocenters. The molecule has 0 saturated heterocycles. The van der Waals surface area contributed by atoms with Crippen LogP contribution in [0.25, 0.3) is 0 Å². The Bertz CT molecular complexity index is 207. The maximum atomic E-state index is 11.5. The predicted octanol–water partition coefficient (Wildman–Crippen LogP) is 0.746. The minimum Gasteiger partial charge on any atom is -0.454 e. The normalized spacial score (nSPS) is 11.5. The fourth-order valence-electron chi connectivity index (χ4n) is 0.414. The van der Waals surface area contributed by atoms with Crippen LogP contribution in [0.5, 0.6) is 6.01 Å². The monoisotopic (exact) mass is 167 g/mol. The third-order valence-electron chi connectivity index (χ3n) is 0.765. The van der Waals surface area contributed by atoms with Gasteiger partial charge in [-0.3, -0.25) is 0 Å². The van der Waals surface area contributed by atoms with E-state index < -0.39 is 12.8 Å². The first-order valence-corrected chi connectivity index (χ1v) is 2.63. The van der Waals surface area contributed by atoms with E-state index in [1.54, 1.807) is 0 Å². The van der Waals surface area contributed by atoms with Gasteiger partial charge in [0.05, 0.1) is 0 Å². The van der Waals surface area contributed by atoms with Gasteiger partial charge in [-0.25, -0.2) is 5.10 Å². The second-order valence-corrected chi connectivity index (χ2v) is 1.69. The van der Waals surface area contributed by atoms with Crippen LogP contribution >= 0.6 is 0 Å². The molecule has 0 bridgehead atoms. The van der Waals surface area contributed by atoms with Crippen LogP contribution in [0.1, 0.15) is 0 Å². The lowest BCUT2D eigenvalue weighted by atomic mass is 10.7. The average Bonchev–Trinajstić information content (AvgIpc) is 2.32. The Kier molecular flexibility index (Phi) is 1.97. The molecular weight excluding hydrogens is 163 g/mol. The van der Waals surface area contributed by atoms with E-state index in [0.29, 0.717) is 0 Å². The van der Waals surface area contributed by atoms with Crippen LogP contribution in [0.15, 0.2) is 6.33 Å². The minimum atomic E-state index is -4.34. The van der Waals surface area contributed by atoms with Gasteiger partial charge in [-0.15, -0.1) is 0 Å². The quantitative estimate of drug-likeness (QED) is 0.706. The van der Waals surface area contributed by atoms with Crippen molar-refractivity contribution in [1.82, 2.24) is 15.2 Å². The molecular formula is C4H4F3N3O. The predicted molar refractivity (Wildman–Crippen MR) is 27.9 cm³/mol. The van der Waals surface area contributed by atoms with Gasteiger partial charge in [0.2, 0.25) is 0 Å². The molecule has 0 aliphatic rings. The van der Waals surface area contributed by atoms with E-state index in [2.05, 4.69) is 19.9 Å². The summed E-state index contributed by atoms with van der Waals surface area (Å²) >= 11 is 0. The highest BCUT2D eigenvalue weighted by molar-refractivity contribution is 4.85. The molecule has 0 spiro atoms. The standard InChI is InChI=1S/C4H4F3N3O/c5-4(6,7)1-11-3-8-2-9-10-3/h2H,1H2,(H,8,9,10). The van der Waals surface area contributed by atoms with Crippen molar-refractivity contribution >= 4 is 0 Å². The smallest absolute Gasteiger partial charge is 0.422 e. The second-order valence-electron chi connectivity index (χ2n) is 1.69. The maximum Gasteiger partial charge on any atom is 0.422 e. The van der Waals surface area contributed by atoms with Crippen LogP contribution < -0.4 is 4.74 Å². The lowest BCUT2D eigenvalue weighted by Crippen LogP contribution is -2.19. The molecule has 0 fully saturated rings. The van der Waals surface area contributed by atoms with Gasteiger partial charge in [0.25, 0.3) is 0 Å². The molecule has 4 nitrogen and oxygen atoms in total. The molecule has 0 radical (unpaired) electrons. The highest BCUT2D eigenvalue weighted by Gasteiger charge is 2.28. The summed E-state index contributed by atoms with van der Waals surface area (Å²) in [6, 6.07) is -0.234. The number of aromatic amines is 1. The van der Waals surface area contributed by atoms with Crippen molar-refractivity contribution in [1.29, 1.82) is 0 Å². The molecule has 11 heavy (non-hydrogen) atoms. The summed E-state index contributed by atoms with van der Waals surface area (Å²) in [5.74, 6) is 0. The largest absolute Gasteiger partial charge is 0.454 e. The van der Waals surface area contributed by atoms with Crippen LogP contribution in [0.4, 0.5) is 13.2 Å². The zero-order valence-electron chi connectivity index (χ0n) is 5.22. The van der Waals surface area contributed by atoms with Gasteiger partial charge in [0, 0.05) is 0 Å². The second kappa shape index (κ2) is 2.77. The fourth-order valence-corrected chi connectivity index (χ4v) is 0.414. The van der Waals surface area contributed by atoms with Crippen molar-refractivity contribution in [2.45, 2.75) is 6.18 Å². The molecule has 0 amide bonds. The van der Waals surface area contributed by atoms with Gasteiger partial charge in [-0.05, 0) is 0 Å². The summed E-state index contributed by atoms with van der Waals surface area (Å²) in [6.45, 7) is -1.36. The number of alkyl halides is 3. The Morgan fingerprint density at radius 2 is 2.27 bits per heavy atom.